The van der Waals surface area contributed by atoms with Gasteiger partial charge in [-0.2, -0.15) is 5.10 Å². The average Bonchev–Trinajstić information content (AvgIpc) is 3.00. The van der Waals surface area contributed by atoms with Crippen LogP contribution in [0.5, 0.6) is 0 Å². The second kappa shape index (κ2) is 8.96. The Morgan fingerprint density at radius 2 is 1.73 bits per heavy atom. The first-order valence-electron chi connectivity index (χ1n) is 9.43. The molecule has 0 aliphatic carbocycles. The van der Waals surface area contributed by atoms with Crippen molar-refractivity contribution >= 4 is 23.4 Å². The van der Waals surface area contributed by atoms with Gasteiger partial charge in [-0.1, -0.05) is 27.7 Å². The summed E-state index contributed by atoms with van der Waals surface area (Å²) >= 11 is 0. The molecule has 0 radical (unpaired) electrons. The van der Waals surface area contributed by atoms with Gasteiger partial charge in [0.15, 0.2) is 0 Å². The largest absolute Gasteiger partial charge is 0.336 e. The number of likely N-dealkylation sites (tertiary alicyclic amines) is 1. The zero-order chi connectivity index (χ0) is 19.3. The fraction of sp³-hybridized carbons (Fsp3) is 0.684. The topological polar surface area (TPSA) is 84.3 Å². The monoisotopic (exact) mass is 362 g/mol. The number of amides is 2. The van der Waals surface area contributed by atoms with E-state index in [-0.39, 0.29) is 29.6 Å². The highest BCUT2D eigenvalue weighted by atomic mass is 16.2. The van der Waals surface area contributed by atoms with Crippen LogP contribution in [0.1, 0.15) is 59.4 Å². The molecule has 1 aliphatic rings. The zero-order valence-electron chi connectivity index (χ0n) is 16.2. The molecule has 2 heterocycles. The Balaban J connectivity index is 1.92. The van der Waals surface area contributed by atoms with E-state index in [2.05, 4.69) is 10.4 Å². The molecule has 0 unspecified atom stereocenters. The third kappa shape index (κ3) is 5.41. The third-order valence-corrected chi connectivity index (χ3v) is 4.46. The van der Waals surface area contributed by atoms with E-state index in [0.717, 1.165) is 12.8 Å². The van der Waals surface area contributed by atoms with Crippen molar-refractivity contribution in [1.82, 2.24) is 14.7 Å². The summed E-state index contributed by atoms with van der Waals surface area (Å²) in [5, 5.41) is 7.27. The van der Waals surface area contributed by atoms with Crippen LogP contribution < -0.4 is 5.32 Å². The van der Waals surface area contributed by atoms with E-state index in [1.807, 2.05) is 32.4 Å². The van der Waals surface area contributed by atoms with Crippen LogP contribution in [0, 0.1) is 11.8 Å². The number of piperidine rings is 1. The molecule has 0 bridgehead atoms. The molecule has 26 heavy (non-hydrogen) atoms. The Labute approximate surface area is 155 Å². The van der Waals surface area contributed by atoms with Crippen LogP contribution >= 0.6 is 0 Å². The normalized spacial score (nSPS) is 15.5. The van der Waals surface area contributed by atoms with Crippen molar-refractivity contribution in [2.24, 2.45) is 11.8 Å². The van der Waals surface area contributed by atoms with Crippen molar-refractivity contribution in [1.29, 1.82) is 0 Å². The van der Waals surface area contributed by atoms with E-state index in [9.17, 15) is 14.4 Å². The van der Waals surface area contributed by atoms with E-state index in [1.165, 1.54) is 0 Å². The number of rotatable bonds is 7. The Hall–Kier alpha value is -2.18. The number of Topliss-reactive ketones (excluding diaryl/α,β-unsaturated/α-hetero) is 1. The molecule has 1 saturated heterocycles. The number of carbonyl (C=O) groups is 3. The van der Waals surface area contributed by atoms with Crippen molar-refractivity contribution in [3.8, 4) is 0 Å². The summed E-state index contributed by atoms with van der Waals surface area (Å²) in [6.45, 7) is 8.95. The minimum absolute atomic E-state index is 0.0198. The molecule has 0 saturated carbocycles. The van der Waals surface area contributed by atoms with Gasteiger partial charge in [-0.3, -0.25) is 14.4 Å². The highest BCUT2D eigenvalue weighted by Crippen LogP contribution is 2.26. The maximum Gasteiger partial charge on any atom is 0.289 e. The van der Waals surface area contributed by atoms with Gasteiger partial charge in [0, 0.05) is 32.0 Å². The van der Waals surface area contributed by atoms with Gasteiger partial charge in [0.1, 0.15) is 5.82 Å². The number of hydrogen-bond donors (Lipinski definition) is 1. The molecule has 1 N–H and O–H groups in total. The lowest BCUT2D eigenvalue weighted by Crippen LogP contribution is -2.43. The summed E-state index contributed by atoms with van der Waals surface area (Å²) < 4.78 is 1.83. The second-order valence-corrected chi connectivity index (χ2v) is 7.85. The van der Waals surface area contributed by atoms with Gasteiger partial charge in [0.05, 0.1) is 12.2 Å². The van der Waals surface area contributed by atoms with Gasteiger partial charge in [-0.15, -0.1) is 0 Å². The predicted octanol–water partition coefficient (Wildman–Crippen LogP) is 2.65. The van der Waals surface area contributed by atoms with Crippen LogP contribution in [0.25, 0.3) is 0 Å². The lowest BCUT2D eigenvalue weighted by molar-refractivity contribution is -0.146. The van der Waals surface area contributed by atoms with Crippen molar-refractivity contribution < 1.29 is 14.4 Å². The second-order valence-electron chi connectivity index (χ2n) is 7.85. The summed E-state index contributed by atoms with van der Waals surface area (Å²) in [5.74, 6) is 0.473. The van der Waals surface area contributed by atoms with E-state index >= 15 is 0 Å². The van der Waals surface area contributed by atoms with E-state index in [1.54, 1.807) is 17.2 Å². The first-order chi connectivity index (χ1) is 12.3. The van der Waals surface area contributed by atoms with Gasteiger partial charge in [-0.25, -0.2) is 4.68 Å². The van der Waals surface area contributed by atoms with Gasteiger partial charge in [0.25, 0.3) is 5.91 Å². The van der Waals surface area contributed by atoms with E-state index in [4.69, 9.17) is 0 Å². The van der Waals surface area contributed by atoms with Gasteiger partial charge >= 0.3 is 0 Å². The Bertz CT molecular complexity index is 643. The number of ketones is 1. The van der Waals surface area contributed by atoms with Crippen LogP contribution in [0.4, 0.5) is 5.82 Å². The molecule has 144 valence electrons. The lowest BCUT2D eigenvalue weighted by Gasteiger charge is -2.32. The van der Waals surface area contributed by atoms with Crippen molar-refractivity contribution in [2.75, 3.05) is 18.4 Å². The summed E-state index contributed by atoms with van der Waals surface area (Å²) in [6.07, 6.45) is 3.87. The fourth-order valence-electron chi connectivity index (χ4n) is 3.22. The molecule has 1 fully saturated rings. The molecule has 0 spiro atoms. The summed E-state index contributed by atoms with van der Waals surface area (Å²) in [7, 11) is 0. The Morgan fingerprint density at radius 1 is 1.12 bits per heavy atom. The molecule has 2 rings (SSSR count). The SMILES string of the molecule is CC(C)CC(=O)Nc1ccnn1C1CCN(C(=O)C(=O)CC(C)C)CC1. The van der Waals surface area contributed by atoms with Crippen LogP contribution in [0.3, 0.4) is 0 Å². The van der Waals surface area contributed by atoms with E-state index in [0.29, 0.717) is 37.7 Å². The first kappa shape index (κ1) is 20.1. The summed E-state index contributed by atoms with van der Waals surface area (Å²) in [5.41, 5.74) is 0. The van der Waals surface area contributed by atoms with Crippen molar-refractivity contribution in [3.05, 3.63) is 12.3 Å². The predicted molar refractivity (Wildman–Crippen MR) is 99.6 cm³/mol. The lowest BCUT2D eigenvalue weighted by atomic mass is 10.0. The third-order valence-electron chi connectivity index (χ3n) is 4.46. The molecule has 0 aromatic carbocycles. The zero-order valence-corrected chi connectivity index (χ0v) is 16.2. The van der Waals surface area contributed by atoms with Crippen molar-refractivity contribution in [2.45, 2.75) is 59.4 Å². The first-order valence-corrected chi connectivity index (χ1v) is 9.43. The van der Waals surface area contributed by atoms with Gasteiger partial charge in [0.2, 0.25) is 11.7 Å². The molecular weight excluding hydrogens is 332 g/mol. The summed E-state index contributed by atoms with van der Waals surface area (Å²) in [4.78, 5) is 37.9. The molecule has 2 amide bonds. The average molecular weight is 362 g/mol. The Kier molecular flexibility index (Phi) is 6.94. The Morgan fingerprint density at radius 3 is 2.31 bits per heavy atom. The number of nitrogens with one attached hydrogen (secondary N) is 1. The van der Waals surface area contributed by atoms with Crippen LogP contribution in [0.15, 0.2) is 12.3 Å². The number of anilines is 1. The maximum absolute atomic E-state index is 12.2. The van der Waals surface area contributed by atoms with Crippen LogP contribution in [-0.2, 0) is 14.4 Å². The molecule has 1 aromatic rings. The number of aromatic nitrogens is 2. The van der Waals surface area contributed by atoms with Crippen molar-refractivity contribution in [3.63, 3.8) is 0 Å². The maximum atomic E-state index is 12.2. The smallest absolute Gasteiger partial charge is 0.289 e. The molecule has 7 heteroatoms. The molecule has 1 aliphatic heterocycles. The van der Waals surface area contributed by atoms with Gasteiger partial charge < -0.3 is 10.2 Å². The highest BCUT2D eigenvalue weighted by molar-refractivity contribution is 6.36. The van der Waals surface area contributed by atoms with Gasteiger partial charge in [-0.05, 0) is 24.7 Å². The minimum Gasteiger partial charge on any atom is -0.336 e. The quantitative estimate of drug-likeness (QED) is 0.756. The van der Waals surface area contributed by atoms with E-state index < -0.39 is 0 Å². The van der Waals surface area contributed by atoms with Crippen LogP contribution in [-0.4, -0.2) is 45.4 Å². The number of carbonyl (C=O) groups excluding carboxylic acids is 3. The highest BCUT2D eigenvalue weighted by Gasteiger charge is 2.29. The molecule has 1 aromatic heterocycles. The summed E-state index contributed by atoms with van der Waals surface area (Å²) in [6, 6.07) is 1.91. The number of nitrogens with zero attached hydrogens (tertiary/aromatic N) is 3. The van der Waals surface area contributed by atoms with Crippen LogP contribution in [0.2, 0.25) is 0 Å². The minimum atomic E-state index is -0.372. The standard InChI is InChI=1S/C19H30N4O3/c1-13(2)11-16(24)19(26)22-9-6-15(7-10-22)23-17(5-8-20-23)21-18(25)12-14(3)4/h5,8,13-15H,6-7,9-12H2,1-4H3,(H,21,25). The number of hydrogen-bond acceptors (Lipinski definition) is 4. The molecule has 0 atom stereocenters. The molecular formula is C19H30N4O3. The fourth-order valence-corrected chi connectivity index (χ4v) is 3.22. The molecule has 7 nitrogen and oxygen atoms in total.